The van der Waals surface area contributed by atoms with E-state index in [1.54, 1.807) is 13.2 Å². The summed E-state index contributed by atoms with van der Waals surface area (Å²) in [5, 5.41) is 1.86. The minimum atomic E-state index is -0.143. The Labute approximate surface area is 103 Å². The van der Waals surface area contributed by atoms with E-state index >= 15 is 0 Å². The van der Waals surface area contributed by atoms with Crippen molar-refractivity contribution in [3.63, 3.8) is 0 Å². The second-order valence-electron chi connectivity index (χ2n) is 3.28. The van der Waals surface area contributed by atoms with Gasteiger partial charge in [-0.25, -0.2) is 0 Å². The number of ether oxygens (including phenoxy) is 1. The molecule has 0 saturated heterocycles. The van der Waals surface area contributed by atoms with Gasteiger partial charge < -0.3 is 4.74 Å². The molecule has 1 heterocycles. The SMILES string of the molecule is COc1ccc(NNC(=O)c2cccs2)cc1. The zero-order valence-electron chi connectivity index (χ0n) is 9.27. The normalized spacial score (nSPS) is 9.71. The predicted molar refractivity (Wildman–Crippen MR) is 68.4 cm³/mol. The molecule has 0 bridgehead atoms. The number of anilines is 1. The molecule has 0 atom stereocenters. The fraction of sp³-hybridized carbons (Fsp3) is 0.0833. The van der Waals surface area contributed by atoms with E-state index < -0.39 is 0 Å². The molecule has 0 aliphatic rings. The van der Waals surface area contributed by atoms with Gasteiger partial charge >= 0.3 is 0 Å². The van der Waals surface area contributed by atoms with Crippen LogP contribution in [0.25, 0.3) is 0 Å². The zero-order chi connectivity index (χ0) is 12.1. The number of carbonyl (C=O) groups excluding carboxylic acids is 1. The Morgan fingerprint density at radius 3 is 2.59 bits per heavy atom. The summed E-state index contributed by atoms with van der Waals surface area (Å²) in [4.78, 5) is 12.3. The fourth-order valence-electron chi connectivity index (χ4n) is 1.27. The number of hydrogen-bond donors (Lipinski definition) is 2. The van der Waals surface area contributed by atoms with Gasteiger partial charge in [0.25, 0.3) is 5.91 Å². The number of rotatable bonds is 4. The predicted octanol–water partition coefficient (Wildman–Crippen LogP) is 2.51. The van der Waals surface area contributed by atoms with Crippen molar-refractivity contribution in [2.24, 2.45) is 0 Å². The first kappa shape index (κ1) is 11.5. The van der Waals surface area contributed by atoms with Crippen LogP contribution in [0.3, 0.4) is 0 Å². The van der Waals surface area contributed by atoms with E-state index in [4.69, 9.17) is 4.74 Å². The lowest BCUT2D eigenvalue weighted by Crippen LogP contribution is -2.28. The number of amides is 1. The number of nitrogens with one attached hydrogen (secondary N) is 2. The van der Waals surface area contributed by atoms with Crippen molar-refractivity contribution in [3.8, 4) is 5.75 Å². The van der Waals surface area contributed by atoms with Gasteiger partial charge in [0.05, 0.1) is 17.7 Å². The van der Waals surface area contributed by atoms with Gasteiger partial charge in [0, 0.05) is 0 Å². The van der Waals surface area contributed by atoms with E-state index in [1.165, 1.54) is 11.3 Å². The molecule has 1 aromatic heterocycles. The largest absolute Gasteiger partial charge is 0.497 e. The van der Waals surface area contributed by atoms with Crippen LogP contribution in [-0.4, -0.2) is 13.0 Å². The third-order valence-electron chi connectivity index (χ3n) is 2.16. The third kappa shape index (κ3) is 2.98. The highest BCUT2D eigenvalue weighted by Crippen LogP contribution is 2.14. The molecule has 17 heavy (non-hydrogen) atoms. The molecule has 2 rings (SSSR count). The highest BCUT2D eigenvalue weighted by atomic mass is 32.1. The molecule has 0 unspecified atom stereocenters. The van der Waals surface area contributed by atoms with Gasteiger partial charge in [-0.3, -0.25) is 15.6 Å². The number of hydrogen-bond acceptors (Lipinski definition) is 4. The van der Waals surface area contributed by atoms with Crippen molar-refractivity contribution in [2.75, 3.05) is 12.5 Å². The molecule has 1 aromatic carbocycles. The van der Waals surface area contributed by atoms with E-state index in [1.807, 2.05) is 35.7 Å². The molecule has 88 valence electrons. The van der Waals surface area contributed by atoms with Crippen LogP contribution < -0.4 is 15.6 Å². The maximum Gasteiger partial charge on any atom is 0.279 e. The van der Waals surface area contributed by atoms with Gasteiger partial charge in [-0.2, -0.15) is 0 Å². The average Bonchev–Trinajstić information content (AvgIpc) is 2.90. The van der Waals surface area contributed by atoms with Gasteiger partial charge in [-0.15, -0.1) is 11.3 Å². The lowest BCUT2D eigenvalue weighted by Gasteiger charge is -2.07. The van der Waals surface area contributed by atoms with E-state index in [9.17, 15) is 4.79 Å². The van der Waals surface area contributed by atoms with Crippen molar-refractivity contribution in [1.82, 2.24) is 5.43 Å². The highest BCUT2D eigenvalue weighted by Gasteiger charge is 2.04. The summed E-state index contributed by atoms with van der Waals surface area (Å²) in [6, 6.07) is 10.9. The summed E-state index contributed by atoms with van der Waals surface area (Å²) >= 11 is 1.40. The zero-order valence-corrected chi connectivity index (χ0v) is 10.1. The summed E-state index contributed by atoms with van der Waals surface area (Å²) in [7, 11) is 1.61. The summed E-state index contributed by atoms with van der Waals surface area (Å²) in [5.41, 5.74) is 6.26. The second-order valence-corrected chi connectivity index (χ2v) is 4.23. The van der Waals surface area contributed by atoms with E-state index in [2.05, 4.69) is 10.9 Å². The van der Waals surface area contributed by atoms with Crippen LogP contribution in [0, 0.1) is 0 Å². The molecule has 1 amide bonds. The number of carbonyl (C=O) groups is 1. The Hall–Kier alpha value is -2.01. The van der Waals surface area contributed by atoms with Gasteiger partial charge in [-0.05, 0) is 35.7 Å². The maximum atomic E-state index is 11.6. The molecular weight excluding hydrogens is 236 g/mol. The molecule has 2 aromatic rings. The van der Waals surface area contributed by atoms with Crippen LogP contribution in [0.2, 0.25) is 0 Å². The van der Waals surface area contributed by atoms with Crippen LogP contribution in [0.15, 0.2) is 41.8 Å². The monoisotopic (exact) mass is 248 g/mol. The van der Waals surface area contributed by atoms with Crippen LogP contribution in [0.5, 0.6) is 5.75 Å². The third-order valence-corrected chi connectivity index (χ3v) is 3.02. The lowest BCUT2D eigenvalue weighted by molar-refractivity contribution is 0.0966. The molecule has 0 fully saturated rings. The van der Waals surface area contributed by atoms with E-state index in [0.717, 1.165) is 11.4 Å². The Kier molecular flexibility index (Phi) is 3.62. The first-order valence-corrected chi connectivity index (χ1v) is 5.91. The van der Waals surface area contributed by atoms with Crippen molar-refractivity contribution in [3.05, 3.63) is 46.7 Å². The quantitative estimate of drug-likeness (QED) is 0.817. The minimum Gasteiger partial charge on any atom is -0.497 e. The highest BCUT2D eigenvalue weighted by molar-refractivity contribution is 7.12. The Bertz CT molecular complexity index is 480. The summed E-state index contributed by atoms with van der Waals surface area (Å²) in [6.07, 6.45) is 0. The minimum absolute atomic E-state index is 0.143. The Morgan fingerprint density at radius 1 is 1.24 bits per heavy atom. The number of thiophene rings is 1. The van der Waals surface area contributed by atoms with E-state index in [0.29, 0.717) is 4.88 Å². The second kappa shape index (κ2) is 5.36. The number of methoxy groups -OCH3 is 1. The standard InChI is InChI=1S/C12H12N2O2S/c1-16-10-6-4-9(5-7-10)13-14-12(15)11-3-2-8-17-11/h2-8,13H,1H3,(H,14,15). The van der Waals surface area contributed by atoms with Crippen molar-refractivity contribution >= 4 is 22.9 Å². The van der Waals surface area contributed by atoms with Crippen molar-refractivity contribution in [1.29, 1.82) is 0 Å². The fourth-order valence-corrected chi connectivity index (χ4v) is 1.89. The lowest BCUT2D eigenvalue weighted by atomic mass is 10.3. The molecule has 5 heteroatoms. The van der Waals surface area contributed by atoms with Crippen LogP contribution >= 0.6 is 11.3 Å². The molecular formula is C12H12N2O2S. The van der Waals surface area contributed by atoms with Crippen LogP contribution in [-0.2, 0) is 0 Å². The molecule has 0 saturated carbocycles. The Morgan fingerprint density at radius 2 is 2.00 bits per heavy atom. The molecule has 0 aliphatic carbocycles. The Balaban J connectivity index is 1.91. The number of benzene rings is 1. The van der Waals surface area contributed by atoms with Crippen LogP contribution in [0.1, 0.15) is 9.67 Å². The van der Waals surface area contributed by atoms with Crippen LogP contribution in [0.4, 0.5) is 5.69 Å². The molecule has 4 nitrogen and oxygen atoms in total. The summed E-state index contributed by atoms with van der Waals surface area (Å²) < 4.78 is 5.04. The first-order valence-electron chi connectivity index (χ1n) is 5.03. The molecule has 0 aliphatic heterocycles. The molecule has 0 spiro atoms. The van der Waals surface area contributed by atoms with Gasteiger partial charge in [-0.1, -0.05) is 6.07 Å². The van der Waals surface area contributed by atoms with Crippen molar-refractivity contribution in [2.45, 2.75) is 0 Å². The van der Waals surface area contributed by atoms with E-state index in [-0.39, 0.29) is 5.91 Å². The topological polar surface area (TPSA) is 50.4 Å². The maximum absolute atomic E-state index is 11.6. The van der Waals surface area contributed by atoms with Crippen molar-refractivity contribution < 1.29 is 9.53 Å². The number of hydrazine groups is 1. The first-order chi connectivity index (χ1) is 8.29. The smallest absolute Gasteiger partial charge is 0.279 e. The van der Waals surface area contributed by atoms with Gasteiger partial charge in [0.1, 0.15) is 5.75 Å². The van der Waals surface area contributed by atoms with Gasteiger partial charge in [0.2, 0.25) is 0 Å². The molecule has 0 radical (unpaired) electrons. The van der Waals surface area contributed by atoms with Gasteiger partial charge in [0.15, 0.2) is 0 Å². The average molecular weight is 248 g/mol. The molecule has 2 N–H and O–H groups in total. The summed E-state index contributed by atoms with van der Waals surface area (Å²) in [6.45, 7) is 0. The summed E-state index contributed by atoms with van der Waals surface area (Å²) in [5.74, 6) is 0.635.